The third-order valence-electron chi connectivity index (χ3n) is 5.89. The van der Waals surface area contributed by atoms with E-state index in [0.29, 0.717) is 51.2 Å². The molecule has 2 atom stereocenters. The molecule has 2 aliphatic heterocycles. The van der Waals surface area contributed by atoms with Crippen molar-refractivity contribution < 1.29 is 28.5 Å². The van der Waals surface area contributed by atoms with Gasteiger partial charge in [0.25, 0.3) is 0 Å². The number of ether oxygens (including phenoxy) is 4. The van der Waals surface area contributed by atoms with Crippen molar-refractivity contribution in [3.05, 3.63) is 12.4 Å². The van der Waals surface area contributed by atoms with Gasteiger partial charge in [0.15, 0.2) is 0 Å². The van der Waals surface area contributed by atoms with Crippen molar-refractivity contribution in [3.8, 4) is 11.8 Å². The molecule has 3 heterocycles. The van der Waals surface area contributed by atoms with E-state index in [-0.39, 0.29) is 24.0 Å². The van der Waals surface area contributed by atoms with Gasteiger partial charge in [-0.05, 0) is 67.2 Å². The number of likely N-dealkylation sites (tertiary alicyclic amines) is 2. The van der Waals surface area contributed by atoms with Crippen molar-refractivity contribution in [1.82, 2.24) is 19.8 Å². The molecule has 1 aromatic heterocycles. The molecule has 2 amide bonds. The molecule has 10 nitrogen and oxygen atoms in total. The fraction of sp³-hybridized carbons (Fsp3) is 0.769. The van der Waals surface area contributed by atoms with Crippen LogP contribution in [0.25, 0.3) is 0 Å². The largest absolute Gasteiger partial charge is 0.477 e. The lowest BCUT2D eigenvalue weighted by atomic mass is 9.99. The van der Waals surface area contributed by atoms with Crippen molar-refractivity contribution in [2.45, 2.75) is 78.4 Å². The molecule has 2 aliphatic rings. The normalized spacial score (nSPS) is 21.1. The predicted octanol–water partition coefficient (Wildman–Crippen LogP) is 4.53. The van der Waals surface area contributed by atoms with E-state index in [9.17, 15) is 9.59 Å². The van der Waals surface area contributed by atoms with Gasteiger partial charge >= 0.3 is 12.2 Å². The van der Waals surface area contributed by atoms with Crippen molar-refractivity contribution in [3.63, 3.8) is 0 Å². The molecule has 2 saturated heterocycles. The number of hydrogen-bond donors (Lipinski definition) is 0. The minimum absolute atomic E-state index is 0.201. The van der Waals surface area contributed by atoms with E-state index in [0.717, 1.165) is 25.7 Å². The summed E-state index contributed by atoms with van der Waals surface area (Å²) in [7, 11) is 0. The maximum atomic E-state index is 12.4. The van der Waals surface area contributed by atoms with Crippen molar-refractivity contribution in [2.75, 3.05) is 39.4 Å². The van der Waals surface area contributed by atoms with Gasteiger partial charge < -0.3 is 28.7 Å². The van der Waals surface area contributed by atoms with Crippen LogP contribution in [0, 0.1) is 11.8 Å². The van der Waals surface area contributed by atoms with Crippen molar-refractivity contribution in [1.29, 1.82) is 0 Å². The van der Waals surface area contributed by atoms with E-state index in [1.165, 1.54) is 6.33 Å². The maximum absolute atomic E-state index is 12.4. The Morgan fingerprint density at radius 1 is 0.806 bits per heavy atom. The number of rotatable bonds is 6. The third-order valence-corrected chi connectivity index (χ3v) is 5.89. The molecular weight excluding hydrogens is 464 g/mol. The first kappa shape index (κ1) is 27.8. The smallest absolute Gasteiger partial charge is 0.410 e. The van der Waals surface area contributed by atoms with Crippen LogP contribution in [-0.4, -0.2) is 82.5 Å². The number of carbonyl (C=O) groups is 2. The van der Waals surface area contributed by atoms with E-state index in [2.05, 4.69) is 9.97 Å². The number of hydrogen-bond acceptors (Lipinski definition) is 8. The Morgan fingerprint density at radius 2 is 1.22 bits per heavy atom. The average molecular weight is 507 g/mol. The highest BCUT2D eigenvalue weighted by molar-refractivity contribution is 5.68. The van der Waals surface area contributed by atoms with Crippen LogP contribution >= 0.6 is 0 Å². The van der Waals surface area contributed by atoms with Crippen LogP contribution < -0.4 is 9.47 Å². The molecule has 2 fully saturated rings. The summed E-state index contributed by atoms with van der Waals surface area (Å²) < 4.78 is 22.8. The fourth-order valence-electron chi connectivity index (χ4n) is 4.27. The van der Waals surface area contributed by atoms with Gasteiger partial charge in [0.2, 0.25) is 11.8 Å². The molecule has 202 valence electrons. The van der Waals surface area contributed by atoms with Crippen LogP contribution in [0.2, 0.25) is 0 Å². The summed E-state index contributed by atoms with van der Waals surface area (Å²) in [5, 5.41) is 0. The second-order valence-corrected chi connectivity index (χ2v) is 11.7. The Hall–Kier alpha value is -2.78. The summed E-state index contributed by atoms with van der Waals surface area (Å²) in [5.41, 5.74) is -1.02. The van der Waals surface area contributed by atoms with Crippen LogP contribution in [0.5, 0.6) is 11.8 Å². The van der Waals surface area contributed by atoms with E-state index in [1.807, 2.05) is 41.5 Å². The molecule has 0 N–H and O–H groups in total. The highest BCUT2D eigenvalue weighted by atomic mass is 16.6. The standard InChI is InChI=1S/C26H42N4O6/c1-25(2,3)35-23(31)29-11-7-9-19(14-29)16-33-21-13-22(28-18-27-21)34-17-20-10-8-12-30(15-20)24(32)36-26(4,5)6/h13,18-20H,7-12,14-17H2,1-6H3/t19-,20-/m1/s1. The van der Waals surface area contributed by atoms with Gasteiger partial charge in [-0.15, -0.1) is 0 Å². The zero-order chi connectivity index (χ0) is 26.3. The zero-order valence-corrected chi connectivity index (χ0v) is 22.6. The Labute approximate surface area is 214 Å². The number of piperidine rings is 2. The van der Waals surface area contributed by atoms with Gasteiger partial charge in [0.1, 0.15) is 17.5 Å². The molecule has 0 saturated carbocycles. The quantitative estimate of drug-likeness (QED) is 0.554. The first-order valence-electron chi connectivity index (χ1n) is 12.9. The third kappa shape index (κ3) is 9.35. The van der Waals surface area contributed by atoms with Gasteiger partial charge in [-0.3, -0.25) is 0 Å². The monoisotopic (exact) mass is 506 g/mol. The first-order chi connectivity index (χ1) is 16.9. The van der Waals surface area contributed by atoms with Crippen LogP contribution in [0.15, 0.2) is 12.4 Å². The second-order valence-electron chi connectivity index (χ2n) is 11.7. The summed E-state index contributed by atoms with van der Waals surface area (Å²) in [6.45, 7) is 14.7. The Balaban J connectivity index is 1.45. The minimum Gasteiger partial charge on any atom is -0.477 e. The molecule has 0 unspecified atom stereocenters. The Bertz CT molecular complexity index is 815. The summed E-state index contributed by atoms with van der Waals surface area (Å²) >= 11 is 0. The predicted molar refractivity (Wildman–Crippen MR) is 134 cm³/mol. The number of aromatic nitrogens is 2. The van der Waals surface area contributed by atoms with Gasteiger partial charge in [-0.1, -0.05) is 0 Å². The summed E-state index contributed by atoms with van der Waals surface area (Å²) in [4.78, 5) is 36.7. The van der Waals surface area contributed by atoms with Crippen LogP contribution in [0.4, 0.5) is 9.59 Å². The second kappa shape index (κ2) is 12.0. The molecule has 0 aliphatic carbocycles. The lowest BCUT2D eigenvalue weighted by molar-refractivity contribution is 0.0130. The lowest BCUT2D eigenvalue weighted by Gasteiger charge is -2.34. The summed E-state index contributed by atoms with van der Waals surface area (Å²) in [5.74, 6) is 1.28. The van der Waals surface area contributed by atoms with E-state index in [4.69, 9.17) is 18.9 Å². The van der Waals surface area contributed by atoms with E-state index in [1.54, 1.807) is 15.9 Å². The number of carbonyl (C=O) groups excluding carboxylic acids is 2. The molecule has 3 rings (SSSR count). The average Bonchev–Trinajstić information content (AvgIpc) is 2.80. The van der Waals surface area contributed by atoms with Gasteiger partial charge in [0.05, 0.1) is 19.3 Å². The lowest BCUT2D eigenvalue weighted by Crippen LogP contribution is -2.44. The molecule has 0 radical (unpaired) electrons. The van der Waals surface area contributed by atoms with Gasteiger partial charge in [-0.25, -0.2) is 19.6 Å². The van der Waals surface area contributed by atoms with Crippen molar-refractivity contribution in [2.24, 2.45) is 11.8 Å². The van der Waals surface area contributed by atoms with E-state index < -0.39 is 11.2 Å². The Kier molecular flexibility index (Phi) is 9.24. The molecular formula is C26H42N4O6. The molecule has 0 aromatic carbocycles. The fourth-order valence-corrected chi connectivity index (χ4v) is 4.27. The SMILES string of the molecule is CC(C)(C)OC(=O)N1CCC[C@@H](COc2cc(OC[C@@H]3CCCN(C(=O)OC(C)(C)C)C3)ncn2)C1. The highest BCUT2D eigenvalue weighted by Gasteiger charge is 2.29. The van der Waals surface area contributed by atoms with Crippen LogP contribution in [0.3, 0.4) is 0 Å². The summed E-state index contributed by atoms with van der Waals surface area (Å²) in [6, 6.07) is 1.68. The van der Waals surface area contributed by atoms with E-state index >= 15 is 0 Å². The summed E-state index contributed by atoms with van der Waals surface area (Å²) in [6.07, 6.45) is 4.63. The first-order valence-corrected chi connectivity index (χ1v) is 12.9. The minimum atomic E-state index is -0.510. The van der Waals surface area contributed by atoms with Crippen LogP contribution in [0.1, 0.15) is 67.2 Å². The van der Waals surface area contributed by atoms with Gasteiger partial charge in [0, 0.05) is 38.0 Å². The zero-order valence-electron chi connectivity index (χ0n) is 22.6. The molecule has 0 spiro atoms. The number of amides is 2. The van der Waals surface area contributed by atoms with Crippen molar-refractivity contribution >= 4 is 12.2 Å². The molecule has 1 aromatic rings. The van der Waals surface area contributed by atoms with Gasteiger partial charge in [-0.2, -0.15) is 0 Å². The van der Waals surface area contributed by atoms with Crippen LogP contribution in [-0.2, 0) is 9.47 Å². The maximum Gasteiger partial charge on any atom is 0.410 e. The molecule has 10 heteroatoms. The highest BCUT2D eigenvalue weighted by Crippen LogP contribution is 2.23. The topological polar surface area (TPSA) is 103 Å². The Morgan fingerprint density at radius 3 is 1.61 bits per heavy atom. The molecule has 36 heavy (non-hydrogen) atoms. The molecule has 0 bridgehead atoms. The number of nitrogens with zero attached hydrogens (tertiary/aromatic N) is 4.